The second-order valence-corrected chi connectivity index (χ2v) is 6.89. The highest BCUT2D eigenvalue weighted by Gasteiger charge is 2.28. The summed E-state index contributed by atoms with van der Waals surface area (Å²) in [4.78, 5) is 16.8. The van der Waals surface area contributed by atoms with Gasteiger partial charge in [-0.25, -0.2) is 0 Å². The molecule has 0 saturated carbocycles. The van der Waals surface area contributed by atoms with Crippen molar-refractivity contribution in [3.8, 4) is 0 Å². The Morgan fingerprint density at radius 2 is 1.79 bits per heavy atom. The van der Waals surface area contributed by atoms with Crippen molar-refractivity contribution in [2.75, 3.05) is 32.7 Å². The third-order valence-corrected chi connectivity index (χ3v) is 5.61. The van der Waals surface area contributed by atoms with Gasteiger partial charge in [0.1, 0.15) is 0 Å². The van der Waals surface area contributed by atoms with Crippen LogP contribution in [-0.4, -0.2) is 53.3 Å². The van der Waals surface area contributed by atoms with Crippen molar-refractivity contribution in [3.63, 3.8) is 0 Å². The molecule has 1 aliphatic heterocycles. The Balaban J connectivity index is 2.38. The highest BCUT2D eigenvalue weighted by molar-refractivity contribution is 9.10. The predicted molar refractivity (Wildman–Crippen MR) is 84.6 cm³/mol. The van der Waals surface area contributed by atoms with Gasteiger partial charge >= 0.3 is 0 Å². The summed E-state index contributed by atoms with van der Waals surface area (Å²) < 4.78 is 0. The lowest BCUT2D eigenvalue weighted by Crippen LogP contribution is -2.45. The van der Waals surface area contributed by atoms with E-state index in [1.54, 1.807) is 0 Å². The molecular formula is C15H29BrN2O. The van der Waals surface area contributed by atoms with Gasteiger partial charge < -0.3 is 9.80 Å². The molecule has 1 heterocycles. The third kappa shape index (κ3) is 5.07. The van der Waals surface area contributed by atoms with Crippen LogP contribution in [0, 0.1) is 11.8 Å². The number of piperidine rings is 1. The number of carbonyl (C=O) groups excluding carboxylic acids is 1. The SMILES string of the molecule is CCN(CC)CC1CCN(C(=O)C(Br)C(C)C)CC1. The number of rotatable bonds is 6. The first kappa shape index (κ1) is 17.0. The minimum Gasteiger partial charge on any atom is -0.342 e. The fourth-order valence-electron chi connectivity index (χ4n) is 2.64. The summed E-state index contributed by atoms with van der Waals surface area (Å²) in [6.45, 7) is 13.9. The van der Waals surface area contributed by atoms with Crippen LogP contribution < -0.4 is 0 Å². The lowest BCUT2D eigenvalue weighted by atomic mass is 9.95. The minimum absolute atomic E-state index is 0.0215. The zero-order valence-electron chi connectivity index (χ0n) is 12.9. The zero-order valence-corrected chi connectivity index (χ0v) is 14.4. The van der Waals surface area contributed by atoms with E-state index < -0.39 is 0 Å². The molecule has 3 nitrogen and oxygen atoms in total. The second-order valence-electron chi connectivity index (χ2n) is 5.90. The van der Waals surface area contributed by atoms with Crippen LogP contribution in [0.4, 0.5) is 0 Å². The number of hydrogen-bond acceptors (Lipinski definition) is 2. The van der Waals surface area contributed by atoms with Gasteiger partial charge in [-0.3, -0.25) is 4.79 Å². The molecule has 0 spiro atoms. The predicted octanol–water partition coefficient (Wildman–Crippen LogP) is 2.99. The van der Waals surface area contributed by atoms with E-state index in [1.165, 1.54) is 6.54 Å². The average molecular weight is 333 g/mol. The van der Waals surface area contributed by atoms with Gasteiger partial charge in [0, 0.05) is 19.6 Å². The normalized spacial score (nSPS) is 19.2. The van der Waals surface area contributed by atoms with E-state index in [9.17, 15) is 4.79 Å². The maximum absolute atomic E-state index is 12.2. The van der Waals surface area contributed by atoms with Crippen molar-refractivity contribution in [2.24, 2.45) is 11.8 Å². The fourth-order valence-corrected chi connectivity index (χ4v) is 2.93. The van der Waals surface area contributed by atoms with Gasteiger partial charge in [0.25, 0.3) is 0 Å². The summed E-state index contributed by atoms with van der Waals surface area (Å²) in [7, 11) is 0. The van der Waals surface area contributed by atoms with Crippen LogP contribution in [0.1, 0.15) is 40.5 Å². The van der Waals surface area contributed by atoms with Gasteiger partial charge in [-0.1, -0.05) is 43.6 Å². The molecule has 1 amide bonds. The molecule has 112 valence electrons. The Hall–Kier alpha value is -0.0900. The molecular weight excluding hydrogens is 304 g/mol. The number of nitrogens with zero attached hydrogens (tertiary/aromatic N) is 2. The molecule has 1 unspecified atom stereocenters. The van der Waals surface area contributed by atoms with Gasteiger partial charge in [-0.05, 0) is 37.8 Å². The molecule has 0 aromatic carbocycles. The van der Waals surface area contributed by atoms with Crippen LogP contribution in [0.15, 0.2) is 0 Å². The third-order valence-electron chi connectivity index (χ3n) is 4.16. The number of likely N-dealkylation sites (tertiary alicyclic amines) is 1. The Morgan fingerprint density at radius 3 is 2.21 bits per heavy atom. The first-order valence-electron chi connectivity index (χ1n) is 7.64. The highest BCUT2D eigenvalue weighted by Crippen LogP contribution is 2.22. The zero-order chi connectivity index (χ0) is 14.4. The minimum atomic E-state index is -0.0215. The molecule has 0 bridgehead atoms. The first-order chi connectivity index (χ1) is 8.99. The molecule has 1 atom stereocenters. The molecule has 1 fully saturated rings. The van der Waals surface area contributed by atoms with Crippen molar-refractivity contribution in [3.05, 3.63) is 0 Å². The lowest BCUT2D eigenvalue weighted by Gasteiger charge is -2.35. The maximum atomic E-state index is 12.2. The molecule has 0 aliphatic carbocycles. The number of halogens is 1. The van der Waals surface area contributed by atoms with Crippen molar-refractivity contribution in [2.45, 2.75) is 45.4 Å². The van der Waals surface area contributed by atoms with Crippen molar-refractivity contribution >= 4 is 21.8 Å². The van der Waals surface area contributed by atoms with Gasteiger partial charge in [-0.2, -0.15) is 0 Å². The van der Waals surface area contributed by atoms with E-state index in [-0.39, 0.29) is 10.7 Å². The Kier molecular flexibility index (Phi) is 7.37. The Labute approximate surface area is 126 Å². The van der Waals surface area contributed by atoms with Crippen LogP contribution in [0.3, 0.4) is 0 Å². The van der Waals surface area contributed by atoms with Gasteiger partial charge in [0.2, 0.25) is 5.91 Å². The molecule has 0 aromatic rings. The molecule has 0 N–H and O–H groups in total. The molecule has 1 saturated heterocycles. The Bertz CT molecular complexity index is 271. The summed E-state index contributed by atoms with van der Waals surface area (Å²) in [5.74, 6) is 1.40. The molecule has 19 heavy (non-hydrogen) atoms. The van der Waals surface area contributed by atoms with E-state index in [0.29, 0.717) is 5.92 Å². The molecule has 4 heteroatoms. The quantitative estimate of drug-likeness (QED) is 0.698. The number of hydrogen-bond donors (Lipinski definition) is 0. The molecule has 1 rings (SSSR count). The van der Waals surface area contributed by atoms with Gasteiger partial charge in [0.15, 0.2) is 0 Å². The highest BCUT2D eigenvalue weighted by atomic mass is 79.9. The van der Waals surface area contributed by atoms with Gasteiger partial charge in [-0.15, -0.1) is 0 Å². The standard InChI is InChI=1S/C15H29BrN2O/c1-5-17(6-2)11-13-7-9-18(10-8-13)15(19)14(16)12(3)4/h12-14H,5-11H2,1-4H3. The second kappa shape index (κ2) is 8.25. The summed E-state index contributed by atoms with van der Waals surface area (Å²) in [5, 5.41) is 0. The molecule has 1 aliphatic rings. The fraction of sp³-hybridized carbons (Fsp3) is 0.933. The monoisotopic (exact) mass is 332 g/mol. The number of alkyl halides is 1. The molecule has 0 aromatic heterocycles. The van der Waals surface area contributed by atoms with Crippen molar-refractivity contribution in [1.82, 2.24) is 9.80 Å². The summed E-state index contributed by atoms with van der Waals surface area (Å²) >= 11 is 3.52. The summed E-state index contributed by atoms with van der Waals surface area (Å²) in [6.07, 6.45) is 2.31. The number of carbonyl (C=O) groups is 1. The maximum Gasteiger partial charge on any atom is 0.236 e. The van der Waals surface area contributed by atoms with Crippen molar-refractivity contribution in [1.29, 1.82) is 0 Å². The van der Waals surface area contributed by atoms with Crippen LogP contribution in [-0.2, 0) is 4.79 Å². The van der Waals surface area contributed by atoms with E-state index in [4.69, 9.17) is 0 Å². The van der Waals surface area contributed by atoms with Crippen LogP contribution in [0.25, 0.3) is 0 Å². The smallest absolute Gasteiger partial charge is 0.236 e. The van der Waals surface area contributed by atoms with Crippen LogP contribution in [0.5, 0.6) is 0 Å². The van der Waals surface area contributed by atoms with E-state index in [2.05, 4.69) is 48.5 Å². The largest absolute Gasteiger partial charge is 0.342 e. The average Bonchev–Trinajstić information content (AvgIpc) is 2.43. The van der Waals surface area contributed by atoms with Crippen LogP contribution >= 0.6 is 15.9 Å². The van der Waals surface area contributed by atoms with Gasteiger partial charge in [0.05, 0.1) is 4.83 Å². The summed E-state index contributed by atoms with van der Waals surface area (Å²) in [6, 6.07) is 0. The lowest BCUT2D eigenvalue weighted by molar-refractivity contribution is -0.132. The summed E-state index contributed by atoms with van der Waals surface area (Å²) in [5.41, 5.74) is 0. The molecule has 0 radical (unpaired) electrons. The van der Waals surface area contributed by atoms with E-state index in [0.717, 1.165) is 44.9 Å². The van der Waals surface area contributed by atoms with Crippen LogP contribution in [0.2, 0.25) is 0 Å². The topological polar surface area (TPSA) is 23.6 Å². The number of amides is 1. The first-order valence-corrected chi connectivity index (χ1v) is 8.56. The Morgan fingerprint density at radius 1 is 1.26 bits per heavy atom. The van der Waals surface area contributed by atoms with Crippen molar-refractivity contribution < 1.29 is 4.79 Å². The van der Waals surface area contributed by atoms with E-state index in [1.807, 2.05) is 4.90 Å². The van der Waals surface area contributed by atoms with E-state index >= 15 is 0 Å².